The largest absolute Gasteiger partial charge is 0.497 e. The highest BCUT2D eigenvalue weighted by atomic mass is 19.4. The molecule has 0 spiro atoms. The molecule has 1 rings (SSSR count). The second-order valence-corrected chi connectivity index (χ2v) is 4.39. The fourth-order valence-corrected chi connectivity index (χ4v) is 1.63. The predicted octanol–water partition coefficient (Wildman–Crippen LogP) is 2.63. The third-order valence-corrected chi connectivity index (χ3v) is 2.94. The monoisotopic (exact) mass is 276 g/mol. The van der Waals surface area contributed by atoms with E-state index in [9.17, 15) is 13.2 Å². The van der Waals surface area contributed by atoms with Crippen molar-refractivity contribution in [2.45, 2.75) is 31.6 Å². The molecule has 0 aliphatic carbocycles. The van der Waals surface area contributed by atoms with Gasteiger partial charge in [0.15, 0.2) is 0 Å². The van der Waals surface area contributed by atoms with E-state index in [1.165, 1.54) is 0 Å². The van der Waals surface area contributed by atoms with E-state index < -0.39 is 12.2 Å². The standard InChI is InChI=1S/C13H19F3N2O/c1-9(10-3-5-11(19-2)6-4-10)18-8-7-12(17)13(14,15)16/h3-6,9,12,18H,7-8,17H2,1-2H3. The van der Waals surface area contributed by atoms with Crippen LogP contribution in [0.3, 0.4) is 0 Å². The predicted molar refractivity (Wildman–Crippen MR) is 68.1 cm³/mol. The highest BCUT2D eigenvalue weighted by Crippen LogP contribution is 2.21. The molecular formula is C13H19F3N2O. The molecule has 3 nitrogen and oxygen atoms in total. The molecule has 6 heteroatoms. The van der Waals surface area contributed by atoms with Gasteiger partial charge in [0.1, 0.15) is 11.8 Å². The third-order valence-electron chi connectivity index (χ3n) is 2.94. The summed E-state index contributed by atoms with van der Waals surface area (Å²) in [5.41, 5.74) is 6.02. The van der Waals surface area contributed by atoms with E-state index in [1.54, 1.807) is 7.11 Å². The zero-order chi connectivity index (χ0) is 14.5. The van der Waals surface area contributed by atoms with Crippen molar-refractivity contribution in [3.63, 3.8) is 0 Å². The second-order valence-electron chi connectivity index (χ2n) is 4.39. The maximum absolute atomic E-state index is 12.2. The van der Waals surface area contributed by atoms with Crippen molar-refractivity contribution >= 4 is 0 Å². The molecule has 2 atom stereocenters. The minimum Gasteiger partial charge on any atom is -0.497 e. The zero-order valence-corrected chi connectivity index (χ0v) is 11.0. The van der Waals surface area contributed by atoms with Gasteiger partial charge in [-0.25, -0.2) is 0 Å². The number of nitrogens with two attached hydrogens (primary N) is 1. The van der Waals surface area contributed by atoms with Gasteiger partial charge < -0.3 is 15.8 Å². The highest BCUT2D eigenvalue weighted by Gasteiger charge is 2.35. The molecule has 108 valence electrons. The lowest BCUT2D eigenvalue weighted by atomic mass is 10.1. The molecule has 0 saturated carbocycles. The van der Waals surface area contributed by atoms with Gasteiger partial charge in [0.25, 0.3) is 0 Å². The van der Waals surface area contributed by atoms with Crippen molar-refractivity contribution in [3.8, 4) is 5.75 Å². The van der Waals surface area contributed by atoms with E-state index >= 15 is 0 Å². The first-order chi connectivity index (χ1) is 8.84. The molecule has 1 aromatic rings. The lowest BCUT2D eigenvalue weighted by Crippen LogP contribution is -2.39. The molecule has 2 unspecified atom stereocenters. The van der Waals surface area contributed by atoms with E-state index in [1.807, 2.05) is 31.2 Å². The summed E-state index contributed by atoms with van der Waals surface area (Å²) < 4.78 is 41.7. The number of ether oxygens (including phenoxy) is 1. The van der Waals surface area contributed by atoms with Crippen LogP contribution < -0.4 is 15.8 Å². The molecule has 0 bridgehead atoms. The fraction of sp³-hybridized carbons (Fsp3) is 0.538. The van der Waals surface area contributed by atoms with Crippen molar-refractivity contribution in [1.82, 2.24) is 5.32 Å². The first kappa shape index (κ1) is 15.8. The summed E-state index contributed by atoms with van der Waals surface area (Å²) in [6.45, 7) is 2.11. The van der Waals surface area contributed by atoms with E-state index in [2.05, 4.69) is 5.32 Å². The number of benzene rings is 1. The first-order valence-electron chi connectivity index (χ1n) is 6.04. The molecule has 1 aromatic carbocycles. The smallest absolute Gasteiger partial charge is 0.403 e. The molecule has 0 aliphatic heterocycles. The highest BCUT2D eigenvalue weighted by molar-refractivity contribution is 5.28. The Morgan fingerprint density at radius 2 is 1.84 bits per heavy atom. The van der Waals surface area contributed by atoms with Crippen LogP contribution in [-0.2, 0) is 0 Å². The van der Waals surface area contributed by atoms with Gasteiger partial charge in [0.05, 0.1) is 7.11 Å². The van der Waals surface area contributed by atoms with Gasteiger partial charge >= 0.3 is 6.18 Å². The van der Waals surface area contributed by atoms with Gasteiger partial charge in [-0.3, -0.25) is 0 Å². The van der Waals surface area contributed by atoms with Crippen molar-refractivity contribution in [1.29, 1.82) is 0 Å². The maximum Gasteiger partial charge on any atom is 0.403 e. The van der Waals surface area contributed by atoms with Crippen molar-refractivity contribution < 1.29 is 17.9 Å². The van der Waals surface area contributed by atoms with E-state index in [0.717, 1.165) is 11.3 Å². The number of hydrogen-bond acceptors (Lipinski definition) is 3. The topological polar surface area (TPSA) is 47.3 Å². The van der Waals surface area contributed by atoms with Crippen LogP contribution in [0.5, 0.6) is 5.75 Å². The van der Waals surface area contributed by atoms with E-state index in [0.29, 0.717) is 0 Å². The van der Waals surface area contributed by atoms with Gasteiger partial charge in [-0.1, -0.05) is 12.1 Å². The molecule has 0 aliphatic rings. The average Bonchev–Trinajstić information content (AvgIpc) is 2.37. The van der Waals surface area contributed by atoms with E-state index in [4.69, 9.17) is 10.5 Å². The summed E-state index contributed by atoms with van der Waals surface area (Å²) in [5, 5.41) is 3.02. The summed E-state index contributed by atoms with van der Waals surface area (Å²) >= 11 is 0. The number of alkyl halides is 3. The normalized spacial score (nSPS) is 15.1. The Hall–Kier alpha value is -1.27. The summed E-state index contributed by atoms with van der Waals surface area (Å²) in [6.07, 6.45) is -4.46. The first-order valence-corrected chi connectivity index (χ1v) is 6.04. The van der Waals surface area contributed by atoms with Crippen LogP contribution in [0.2, 0.25) is 0 Å². The number of hydrogen-bond donors (Lipinski definition) is 2. The van der Waals surface area contributed by atoms with Gasteiger partial charge in [-0.2, -0.15) is 13.2 Å². The Bertz CT molecular complexity index is 378. The van der Waals surface area contributed by atoms with Crippen LogP contribution in [-0.4, -0.2) is 25.9 Å². The summed E-state index contributed by atoms with van der Waals surface area (Å²) in [7, 11) is 1.58. The summed E-state index contributed by atoms with van der Waals surface area (Å²) in [4.78, 5) is 0. The average molecular weight is 276 g/mol. The molecule has 0 fully saturated rings. The van der Waals surface area contributed by atoms with Crippen molar-refractivity contribution in [2.24, 2.45) is 5.73 Å². The summed E-state index contributed by atoms with van der Waals surface area (Å²) in [5.74, 6) is 0.745. The Morgan fingerprint density at radius 1 is 1.26 bits per heavy atom. The third kappa shape index (κ3) is 5.08. The summed E-state index contributed by atoms with van der Waals surface area (Å²) in [6, 6.07) is 5.57. The lowest BCUT2D eigenvalue weighted by Gasteiger charge is -2.18. The SMILES string of the molecule is COc1ccc(C(C)NCCC(N)C(F)(F)F)cc1. The molecule has 3 N–H and O–H groups in total. The fourth-order valence-electron chi connectivity index (χ4n) is 1.63. The van der Waals surface area contributed by atoms with Gasteiger partial charge in [-0.15, -0.1) is 0 Å². The quantitative estimate of drug-likeness (QED) is 0.839. The molecule has 0 heterocycles. The van der Waals surface area contributed by atoms with Gasteiger partial charge in [0, 0.05) is 6.04 Å². The Labute approximate surface area is 110 Å². The van der Waals surface area contributed by atoms with Crippen LogP contribution in [0.4, 0.5) is 13.2 Å². The van der Waals surface area contributed by atoms with Crippen molar-refractivity contribution in [2.75, 3.05) is 13.7 Å². The Morgan fingerprint density at radius 3 is 2.32 bits per heavy atom. The molecular weight excluding hydrogens is 257 g/mol. The number of rotatable bonds is 6. The van der Waals surface area contributed by atoms with Crippen LogP contribution in [0.25, 0.3) is 0 Å². The number of nitrogens with one attached hydrogen (secondary N) is 1. The van der Waals surface area contributed by atoms with Crippen LogP contribution in [0.1, 0.15) is 24.9 Å². The zero-order valence-electron chi connectivity index (χ0n) is 11.0. The minimum absolute atomic E-state index is 0.0358. The van der Waals surface area contributed by atoms with Crippen LogP contribution in [0.15, 0.2) is 24.3 Å². The van der Waals surface area contributed by atoms with Gasteiger partial charge in [-0.05, 0) is 37.6 Å². The second kappa shape index (κ2) is 6.77. The van der Waals surface area contributed by atoms with E-state index in [-0.39, 0.29) is 19.0 Å². The number of halogens is 3. The Balaban J connectivity index is 2.40. The maximum atomic E-state index is 12.2. The minimum atomic E-state index is -4.33. The lowest BCUT2D eigenvalue weighted by molar-refractivity contribution is -0.148. The van der Waals surface area contributed by atoms with Crippen LogP contribution >= 0.6 is 0 Å². The molecule has 19 heavy (non-hydrogen) atoms. The van der Waals surface area contributed by atoms with Gasteiger partial charge in [0.2, 0.25) is 0 Å². The Kier molecular flexibility index (Phi) is 5.62. The van der Waals surface area contributed by atoms with Crippen molar-refractivity contribution in [3.05, 3.63) is 29.8 Å². The molecule has 0 radical (unpaired) electrons. The van der Waals surface area contributed by atoms with Crippen LogP contribution in [0, 0.1) is 0 Å². The number of methoxy groups -OCH3 is 1. The molecule has 0 amide bonds. The molecule has 0 aromatic heterocycles. The molecule has 0 saturated heterocycles.